The molecule has 104 valence electrons. The number of amides is 2. The summed E-state index contributed by atoms with van der Waals surface area (Å²) in [5.74, 6) is -0.374. The maximum Gasteiger partial charge on any atom is 0.253 e. The number of rotatable bonds is 6. The summed E-state index contributed by atoms with van der Waals surface area (Å²) < 4.78 is 0. The second-order valence-electron chi connectivity index (χ2n) is 4.19. The molecule has 2 amide bonds. The lowest BCUT2D eigenvalue weighted by molar-refractivity contribution is -0.122. The first-order chi connectivity index (χ1) is 9.10. The molecule has 0 bridgehead atoms. The zero-order valence-corrected chi connectivity index (χ0v) is 12.3. The molecular weight excluding hydrogens is 260 g/mol. The molecule has 0 radical (unpaired) electrons. The standard InChI is InChI=1S/C14H20N2O2S/c1-4-9-15-13(17)10(2)16-14(18)11-7-5-6-8-12(11)19-3/h5-8,10H,4,9H2,1-3H3,(H,15,17)(H,16,18)/t10-/m1/s1. The summed E-state index contributed by atoms with van der Waals surface area (Å²) >= 11 is 1.51. The predicted molar refractivity (Wildman–Crippen MR) is 78.5 cm³/mol. The molecule has 1 atom stereocenters. The molecule has 0 heterocycles. The SMILES string of the molecule is CCCNC(=O)[C@@H](C)NC(=O)c1ccccc1SC. The van der Waals surface area contributed by atoms with Gasteiger partial charge in [0.1, 0.15) is 6.04 Å². The van der Waals surface area contributed by atoms with E-state index in [1.54, 1.807) is 13.0 Å². The molecule has 0 aliphatic carbocycles. The van der Waals surface area contributed by atoms with Crippen LogP contribution in [0, 0.1) is 0 Å². The molecule has 0 unspecified atom stereocenters. The molecule has 19 heavy (non-hydrogen) atoms. The second kappa shape index (κ2) is 7.84. The molecular formula is C14H20N2O2S. The summed E-state index contributed by atoms with van der Waals surface area (Å²) in [5.41, 5.74) is 0.602. The number of carbonyl (C=O) groups excluding carboxylic acids is 2. The van der Waals surface area contributed by atoms with E-state index in [9.17, 15) is 9.59 Å². The van der Waals surface area contributed by atoms with Crippen LogP contribution in [0.4, 0.5) is 0 Å². The molecule has 4 nitrogen and oxygen atoms in total. The fourth-order valence-corrected chi connectivity index (χ4v) is 2.17. The Hall–Kier alpha value is -1.49. The van der Waals surface area contributed by atoms with Gasteiger partial charge in [-0.1, -0.05) is 19.1 Å². The number of nitrogens with one attached hydrogen (secondary N) is 2. The van der Waals surface area contributed by atoms with Crippen molar-refractivity contribution in [2.24, 2.45) is 0 Å². The molecule has 1 rings (SSSR count). The molecule has 5 heteroatoms. The van der Waals surface area contributed by atoms with Gasteiger partial charge in [0.2, 0.25) is 5.91 Å². The van der Waals surface area contributed by atoms with Crippen molar-refractivity contribution in [2.75, 3.05) is 12.8 Å². The lowest BCUT2D eigenvalue weighted by Crippen LogP contribution is -2.45. The van der Waals surface area contributed by atoms with Crippen molar-refractivity contribution < 1.29 is 9.59 Å². The van der Waals surface area contributed by atoms with Crippen LogP contribution in [0.1, 0.15) is 30.6 Å². The first kappa shape index (κ1) is 15.6. The molecule has 1 aromatic rings. The first-order valence-electron chi connectivity index (χ1n) is 6.31. The summed E-state index contributed by atoms with van der Waals surface area (Å²) in [4.78, 5) is 24.7. The van der Waals surface area contributed by atoms with Gasteiger partial charge in [0.15, 0.2) is 0 Å². The van der Waals surface area contributed by atoms with Crippen molar-refractivity contribution in [3.63, 3.8) is 0 Å². The largest absolute Gasteiger partial charge is 0.354 e. The van der Waals surface area contributed by atoms with Gasteiger partial charge in [0.05, 0.1) is 5.56 Å². The highest BCUT2D eigenvalue weighted by atomic mass is 32.2. The van der Waals surface area contributed by atoms with Gasteiger partial charge < -0.3 is 10.6 Å². The minimum atomic E-state index is -0.533. The van der Waals surface area contributed by atoms with Crippen LogP contribution in [0.5, 0.6) is 0 Å². The van der Waals surface area contributed by atoms with Gasteiger partial charge in [-0.15, -0.1) is 11.8 Å². The van der Waals surface area contributed by atoms with E-state index < -0.39 is 6.04 Å². The maximum absolute atomic E-state index is 12.1. The Morgan fingerprint density at radius 3 is 2.63 bits per heavy atom. The van der Waals surface area contributed by atoms with Gasteiger partial charge in [-0.2, -0.15) is 0 Å². The van der Waals surface area contributed by atoms with E-state index in [-0.39, 0.29) is 11.8 Å². The third-order valence-electron chi connectivity index (χ3n) is 2.64. The lowest BCUT2D eigenvalue weighted by atomic mass is 10.2. The number of hydrogen-bond donors (Lipinski definition) is 2. The molecule has 0 saturated carbocycles. The van der Waals surface area contributed by atoms with E-state index in [0.717, 1.165) is 11.3 Å². The van der Waals surface area contributed by atoms with E-state index in [0.29, 0.717) is 12.1 Å². The highest BCUT2D eigenvalue weighted by molar-refractivity contribution is 7.98. The Labute approximate surface area is 118 Å². The van der Waals surface area contributed by atoms with Crippen molar-refractivity contribution in [3.8, 4) is 0 Å². The Morgan fingerprint density at radius 2 is 2.00 bits per heavy atom. The van der Waals surface area contributed by atoms with E-state index in [1.807, 2.05) is 31.4 Å². The third-order valence-corrected chi connectivity index (χ3v) is 3.44. The van der Waals surface area contributed by atoms with Gasteiger partial charge in [0.25, 0.3) is 5.91 Å². The van der Waals surface area contributed by atoms with Crippen LogP contribution in [0.3, 0.4) is 0 Å². The Bertz CT molecular complexity index is 449. The van der Waals surface area contributed by atoms with Crippen LogP contribution in [-0.2, 0) is 4.79 Å². The fourth-order valence-electron chi connectivity index (χ4n) is 1.57. The monoisotopic (exact) mass is 280 g/mol. The summed E-state index contributed by atoms with van der Waals surface area (Å²) in [7, 11) is 0. The molecule has 2 N–H and O–H groups in total. The van der Waals surface area contributed by atoms with Gasteiger partial charge in [0, 0.05) is 11.4 Å². The number of thioether (sulfide) groups is 1. The van der Waals surface area contributed by atoms with Crippen molar-refractivity contribution in [1.82, 2.24) is 10.6 Å². The lowest BCUT2D eigenvalue weighted by Gasteiger charge is -2.15. The Balaban J connectivity index is 2.66. The van der Waals surface area contributed by atoms with Crippen molar-refractivity contribution in [3.05, 3.63) is 29.8 Å². The Morgan fingerprint density at radius 1 is 1.32 bits per heavy atom. The quantitative estimate of drug-likeness (QED) is 0.784. The van der Waals surface area contributed by atoms with E-state index >= 15 is 0 Å². The zero-order valence-electron chi connectivity index (χ0n) is 11.5. The molecule has 0 aliphatic heterocycles. The average molecular weight is 280 g/mol. The molecule has 0 saturated heterocycles. The molecule has 0 aliphatic rings. The normalized spacial score (nSPS) is 11.7. The molecule has 0 fully saturated rings. The summed E-state index contributed by atoms with van der Waals surface area (Å²) in [5, 5.41) is 5.47. The molecule has 0 spiro atoms. The van der Waals surface area contributed by atoms with Crippen LogP contribution in [-0.4, -0.2) is 30.7 Å². The van der Waals surface area contributed by atoms with Crippen molar-refractivity contribution in [1.29, 1.82) is 0 Å². The highest BCUT2D eigenvalue weighted by Crippen LogP contribution is 2.19. The molecule has 1 aromatic carbocycles. The summed E-state index contributed by atoms with van der Waals surface area (Å²) in [6.07, 6.45) is 2.80. The van der Waals surface area contributed by atoms with Crippen LogP contribution < -0.4 is 10.6 Å². The summed E-state index contributed by atoms with van der Waals surface area (Å²) in [6, 6.07) is 6.82. The third kappa shape index (κ3) is 4.59. The van der Waals surface area contributed by atoms with E-state index in [1.165, 1.54) is 11.8 Å². The zero-order chi connectivity index (χ0) is 14.3. The smallest absolute Gasteiger partial charge is 0.253 e. The number of hydrogen-bond acceptors (Lipinski definition) is 3. The van der Waals surface area contributed by atoms with Crippen molar-refractivity contribution in [2.45, 2.75) is 31.2 Å². The predicted octanol–water partition coefficient (Wildman–Crippen LogP) is 2.05. The van der Waals surface area contributed by atoms with Gasteiger partial charge >= 0.3 is 0 Å². The highest BCUT2D eigenvalue weighted by Gasteiger charge is 2.17. The molecule has 0 aromatic heterocycles. The topological polar surface area (TPSA) is 58.2 Å². The van der Waals surface area contributed by atoms with Crippen LogP contribution >= 0.6 is 11.8 Å². The summed E-state index contributed by atoms with van der Waals surface area (Å²) in [6.45, 7) is 4.29. The van der Waals surface area contributed by atoms with Gasteiger partial charge in [-0.3, -0.25) is 9.59 Å². The minimum absolute atomic E-state index is 0.156. The van der Waals surface area contributed by atoms with Crippen LogP contribution in [0.2, 0.25) is 0 Å². The van der Waals surface area contributed by atoms with E-state index in [4.69, 9.17) is 0 Å². The average Bonchev–Trinajstić information content (AvgIpc) is 2.44. The number of benzene rings is 1. The van der Waals surface area contributed by atoms with Crippen molar-refractivity contribution >= 4 is 23.6 Å². The van der Waals surface area contributed by atoms with Crippen LogP contribution in [0.25, 0.3) is 0 Å². The van der Waals surface area contributed by atoms with Gasteiger partial charge in [-0.05, 0) is 31.7 Å². The first-order valence-corrected chi connectivity index (χ1v) is 7.54. The number of carbonyl (C=O) groups is 2. The Kier molecular flexibility index (Phi) is 6.42. The minimum Gasteiger partial charge on any atom is -0.354 e. The van der Waals surface area contributed by atoms with Crippen LogP contribution in [0.15, 0.2) is 29.2 Å². The second-order valence-corrected chi connectivity index (χ2v) is 5.03. The maximum atomic E-state index is 12.1. The fraction of sp³-hybridized carbons (Fsp3) is 0.429. The van der Waals surface area contributed by atoms with Gasteiger partial charge in [-0.25, -0.2) is 0 Å². The van der Waals surface area contributed by atoms with E-state index in [2.05, 4.69) is 10.6 Å².